The molecule has 0 fully saturated rings. The largest absolute Gasteiger partial charge is 0.428 e. The van der Waals surface area contributed by atoms with Gasteiger partial charge in [0.2, 0.25) is 5.91 Å². The lowest BCUT2D eigenvalue weighted by atomic mass is 10.0. The van der Waals surface area contributed by atoms with Gasteiger partial charge < -0.3 is 15.8 Å². The predicted octanol–water partition coefficient (Wildman–Crippen LogP) is 3.40. The summed E-state index contributed by atoms with van der Waals surface area (Å²) in [6.07, 6.45) is 2.05. The number of hydrogen-bond donors (Lipinski definition) is 2. The normalized spacial score (nSPS) is 12.0. The summed E-state index contributed by atoms with van der Waals surface area (Å²) >= 11 is 3.27. The monoisotopic (exact) mass is 368 g/mol. The summed E-state index contributed by atoms with van der Waals surface area (Å²) in [6.45, 7) is 7.36. The molecule has 0 bridgehead atoms. The summed E-state index contributed by atoms with van der Waals surface area (Å²) in [5.74, 6) is -0.705. The molecule has 0 radical (unpaired) electrons. The van der Waals surface area contributed by atoms with Gasteiger partial charge in [-0.2, -0.15) is 0 Å². The first kappa shape index (κ1) is 18.2. The number of nitrogens with two attached hydrogens (primary N) is 1. The molecule has 0 aliphatic heterocycles. The lowest BCUT2D eigenvalue weighted by Gasteiger charge is -2.23. The van der Waals surface area contributed by atoms with Gasteiger partial charge >= 0.3 is 5.97 Å². The molecule has 3 N–H and O–H groups in total. The number of allylic oxidation sites excluding steroid dienone is 1. The zero-order chi connectivity index (χ0) is 16.9. The second-order valence-electron chi connectivity index (χ2n) is 5.60. The minimum absolute atomic E-state index is 0.203. The van der Waals surface area contributed by atoms with Crippen LogP contribution in [0.3, 0.4) is 0 Å². The number of nitrogen functional groups attached to an aromatic ring is 1. The molecule has 1 aromatic carbocycles. The molecule has 0 spiro atoms. The van der Waals surface area contributed by atoms with Gasteiger partial charge in [-0.25, -0.2) is 4.79 Å². The molecule has 0 unspecified atom stereocenters. The standard InChI is InChI=1S/C16H21BrN2O3/c1-5-16(3,4)19-14(20)8-10(2)22-15(21)12-9-11(17)6-7-13(12)18/h6-9H,5,18H2,1-4H3,(H,19,20)/b10-8+. The van der Waals surface area contributed by atoms with E-state index in [1.54, 1.807) is 25.1 Å². The van der Waals surface area contributed by atoms with Crippen LogP contribution in [-0.4, -0.2) is 17.4 Å². The minimum atomic E-state index is -0.602. The first-order valence-corrected chi connectivity index (χ1v) is 7.71. The van der Waals surface area contributed by atoms with Crippen LogP contribution in [-0.2, 0) is 9.53 Å². The molecule has 6 heteroatoms. The van der Waals surface area contributed by atoms with Gasteiger partial charge in [-0.05, 0) is 45.4 Å². The molecule has 5 nitrogen and oxygen atoms in total. The van der Waals surface area contributed by atoms with Crippen molar-refractivity contribution in [2.75, 3.05) is 5.73 Å². The Hall–Kier alpha value is -1.82. The number of nitrogens with one attached hydrogen (secondary N) is 1. The molecule has 0 saturated carbocycles. The van der Waals surface area contributed by atoms with E-state index in [9.17, 15) is 9.59 Å². The van der Waals surface area contributed by atoms with Crippen molar-refractivity contribution < 1.29 is 14.3 Å². The summed E-state index contributed by atoms with van der Waals surface area (Å²) in [4.78, 5) is 23.9. The number of hydrogen-bond acceptors (Lipinski definition) is 4. The summed E-state index contributed by atoms with van der Waals surface area (Å²) in [5, 5.41) is 2.83. The van der Waals surface area contributed by atoms with Gasteiger partial charge in [0, 0.05) is 21.8 Å². The van der Waals surface area contributed by atoms with E-state index in [0.29, 0.717) is 5.69 Å². The predicted molar refractivity (Wildman–Crippen MR) is 90.2 cm³/mol. The average molecular weight is 369 g/mol. The van der Waals surface area contributed by atoms with Crippen LogP contribution in [0.15, 0.2) is 34.5 Å². The first-order valence-electron chi connectivity index (χ1n) is 6.92. The molecule has 0 heterocycles. The van der Waals surface area contributed by atoms with E-state index >= 15 is 0 Å². The Balaban J connectivity index is 2.77. The number of anilines is 1. The van der Waals surface area contributed by atoms with Crippen LogP contribution >= 0.6 is 15.9 Å². The van der Waals surface area contributed by atoms with Gasteiger partial charge in [0.25, 0.3) is 0 Å². The number of ether oxygens (including phenoxy) is 1. The molecule has 0 aliphatic rings. The zero-order valence-electron chi connectivity index (χ0n) is 13.2. The fraction of sp³-hybridized carbons (Fsp3) is 0.375. The smallest absolute Gasteiger partial charge is 0.345 e. The van der Waals surface area contributed by atoms with Gasteiger partial charge in [-0.3, -0.25) is 4.79 Å². The van der Waals surface area contributed by atoms with Crippen molar-refractivity contribution in [2.45, 2.75) is 39.7 Å². The van der Waals surface area contributed by atoms with E-state index in [1.165, 1.54) is 6.08 Å². The Bertz CT molecular complexity index is 609. The number of benzene rings is 1. The second-order valence-corrected chi connectivity index (χ2v) is 6.52. The maximum Gasteiger partial charge on any atom is 0.345 e. The van der Waals surface area contributed by atoms with Crippen molar-refractivity contribution in [3.63, 3.8) is 0 Å². The Morgan fingerprint density at radius 1 is 1.41 bits per heavy atom. The molecule has 0 aromatic heterocycles. The lowest BCUT2D eigenvalue weighted by molar-refractivity contribution is -0.118. The highest BCUT2D eigenvalue weighted by Gasteiger charge is 2.17. The second kappa shape index (κ2) is 7.45. The van der Waals surface area contributed by atoms with Crippen LogP contribution in [0.5, 0.6) is 0 Å². The molecule has 0 aliphatic carbocycles. The number of carbonyl (C=O) groups excluding carboxylic acids is 2. The van der Waals surface area contributed by atoms with Crippen LogP contribution in [0.25, 0.3) is 0 Å². The Morgan fingerprint density at radius 2 is 2.05 bits per heavy atom. The van der Waals surface area contributed by atoms with Crippen LogP contribution in [0.4, 0.5) is 5.69 Å². The van der Waals surface area contributed by atoms with E-state index in [-0.39, 0.29) is 22.8 Å². The highest BCUT2D eigenvalue weighted by Crippen LogP contribution is 2.20. The molecular formula is C16H21BrN2O3. The van der Waals surface area contributed by atoms with Gasteiger partial charge in [-0.15, -0.1) is 0 Å². The third-order valence-corrected chi connectivity index (χ3v) is 3.66. The van der Waals surface area contributed by atoms with Crippen LogP contribution < -0.4 is 11.1 Å². The molecule has 22 heavy (non-hydrogen) atoms. The maximum absolute atomic E-state index is 12.1. The number of halogens is 1. The highest BCUT2D eigenvalue weighted by atomic mass is 79.9. The fourth-order valence-electron chi connectivity index (χ4n) is 1.58. The van der Waals surface area contributed by atoms with Crippen molar-refractivity contribution in [2.24, 2.45) is 0 Å². The van der Waals surface area contributed by atoms with E-state index in [1.807, 2.05) is 20.8 Å². The van der Waals surface area contributed by atoms with Gasteiger partial charge in [-0.1, -0.05) is 22.9 Å². The molecule has 120 valence electrons. The summed E-state index contributed by atoms with van der Waals surface area (Å²) in [7, 11) is 0. The quantitative estimate of drug-likeness (QED) is 0.361. The van der Waals surface area contributed by atoms with Crippen molar-refractivity contribution in [3.05, 3.63) is 40.1 Å². The van der Waals surface area contributed by atoms with Crippen LogP contribution in [0.1, 0.15) is 44.5 Å². The third-order valence-electron chi connectivity index (χ3n) is 3.17. The van der Waals surface area contributed by atoms with Gasteiger partial charge in [0.1, 0.15) is 5.76 Å². The number of rotatable bonds is 5. The number of amides is 1. The Kier molecular flexibility index (Phi) is 6.17. The van der Waals surface area contributed by atoms with E-state index in [0.717, 1.165) is 10.9 Å². The third kappa shape index (κ3) is 5.52. The van der Waals surface area contributed by atoms with Crippen molar-refractivity contribution in [1.29, 1.82) is 0 Å². The molecule has 1 rings (SSSR count). The highest BCUT2D eigenvalue weighted by molar-refractivity contribution is 9.10. The first-order chi connectivity index (χ1) is 10.1. The molecule has 0 saturated heterocycles. The van der Waals surface area contributed by atoms with E-state index in [4.69, 9.17) is 10.5 Å². The minimum Gasteiger partial charge on any atom is -0.428 e. The summed E-state index contributed by atoms with van der Waals surface area (Å²) < 4.78 is 5.87. The van der Waals surface area contributed by atoms with Crippen LogP contribution in [0.2, 0.25) is 0 Å². The SMILES string of the molecule is CCC(C)(C)NC(=O)/C=C(\C)OC(=O)c1cc(Br)ccc1N. The molecule has 0 atom stereocenters. The molecule has 1 aromatic rings. The molecule has 1 amide bonds. The number of carbonyl (C=O) groups is 2. The maximum atomic E-state index is 12.1. The van der Waals surface area contributed by atoms with Gasteiger partial charge in [0.15, 0.2) is 0 Å². The van der Waals surface area contributed by atoms with Crippen molar-refractivity contribution >= 4 is 33.5 Å². The summed E-state index contributed by atoms with van der Waals surface area (Å²) in [5.41, 5.74) is 6.00. The van der Waals surface area contributed by atoms with Crippen molar-refractivity contribution in [3.8, 4) is 0 Å². The topological polar surface area (TPSA) is 81.4 Å². The van der Waals surface area contributed by atoms with Crippen LogP contribution in [0, 0.1) is 0 Å². The van der Waals surface area contributed by atoms with Gasteiger partial charge in [0.05, 0.1) is 5.56 Å². The zero-order valence-corrected chi connectivity index (χ0v) is 14.8. The Morgan fingerprint density at radius 3 is 2.64 bits per heavy atom. The lowest BCUT2D eigenvalue weighted by Crippen LogP contribution is -2.42. The van der Waals surface area contributed by atoms with Crippen molar-refractivity contribution in [1.82, 2.24) is 5.32 Å². The molecular weight excluding hydrogens is 348 g/mol. The Labute approximate surface area is 139 Å². The summed E-state index contributed by atoms with van der Waals surface area (Å²) in [6, 6.07) is 4.91. The van der Waals surface area contributed by atoms with E-state index in [2.05, 4.69) is 21.2 Å². The fourth-order valence-corrected chi connectivity index (χ4v) is 1.94. The average Bonchev–Trinajstić information content (AvgIpc) is 2.40. The number of esters is 1. The van der Waals surface area contributed by atoms with E-state index < -0.39 is 5.97 Å².